The lowest BCUT2D eigenvalue weighted by Crippen LogP contribution is -2.19. The average Bonchev–Trinajstić information content (AvgIpc) is 2.71. The zero-order chi connectivity index (χ0) is 20.3. The van der Waals surface area contributed by atoms with Crippen LogP contribution >= 0.6 is 0 Å². The van der Waals surface area contributed by atoms with Gasteiger partial charge in [0.05, 0.1) is 31.7 Å². The molecule has 0 amide bonds. The topological polar surface area (TPSA) is 56.6 Å². The molecule has 28 heavy (non-hydrogen) atoms. The van der Waals surface area contributed by atoms with Gasteiger partial charge in [-0.25, -0.2) is 0 Å². The molecule has 0 unspecified atom stereocenters. The normalized spacial score (nSPS) is 10.9. The Morgan fingerprint density at radius 3 is 2.50 bits per heavy atom. The summed E-state index contributed by atoms with van der Waals surface area (Å²) in [5.74, 6) is 4.04. The number of aryl methyl sites for hydroxylation is 1. The first kappa shape index (κ1) is 19.5. The van der Waals surface area contributed by atoms with Gasteiger partial charge >= 0.3 is 0 Å². The van der Waals surface area contributed by atoms with Crippen molar-refractivity contribution in [2.75, 3.05) is 27.8 Å². The summed E-state index contributed by atoms with van der Waals surface area (Å²) in [5, 5.41) is 1.40. The Kier molecular flexibility index (Phi) is 5.67. The third kappa shape index (κ3) is 3.57. The van der Waals surface area contributed by atoms with Crippen LogP contribution in [0.15, 0.2) is 41.6 Å². The number of fused-ring (bicyclic) bond motifs is 1. The number of terminal acetylenes is 1. The molecule has 0 aliphatic heterocycles. The van der Waals surface area contributed by atoms with Gasteiger partial charge in [0.2, 0.25) is 0 Å². The van der Waals surface area contributed by atoms with Crippen LogP contribution in [0.3, 0.4) is 0 Å². The van der Waals surface area contributed by atoms with Crippen LogP contribution in [0.5, 0.6) is 11.5 Å². The summed E-state index contributed by atoms with van der Waals surface area (Å²) < 4.78 is 12.9. The summed E-state index contributed by atoms with van der Waals surface area (Å²) in [5.41, 5.74) is 2.63. The minimum atomic E-state index is -0.0849. The van der Waals surface area contributed by atoms with Crippen LogP contribution in [0.4, 0.5) is 0 Å². The number of pyridine rings is 2. The van der Waals surface area contributed by atoms with Crippen molar-refractivity contribution in [1.29, 1.82) is 0 Å². The predicted molar refractivity (Wildman–Crippen MR) is 111 cm³/mol. The third-order valence-electron chi connectivity index (χ3n) is 4.69. The van der Waals surface area contributed by atoms with Crippen molar-refractivity contribution in [2.24, 2.45) is 7.05 Å². The summed E-state index contributed by atoms with van der Waals surface area (Å²) in [6, 6.07) is 5.77. The number of rotatable bonds is 6. The van der Waals surface area contributed by atoms with E-state index in [9.17, 15) is 4.79 Å². The van der Waals surface area contributed by atoms with E-state index in [4.69, 9.17) is 15.9 Å². The van der Waals surface area contributed by atoms with Gasteiger partial charge in [0.25, 0.3) is 5.56 Å². The zero-order valence-electron chi connectivity index (χ0n) is 16.5. The van der Waals surface area contributed by atoms with Crippen LogP contribution in [0.25, 0.3) is 21.9 Å². The summed E-state index contributed by atoms with van der Waals surface area (Å²) in [6.07, 6.45) is 10.5. The van der Waals surface area contributed by atoms with Gasteiger partial charge in [0.15, 0.2) is 0 Å². The molecule has 0 fully saturated rings. The molecule has 2 aromatic heterocycles. The predicted octanol–water partition coefficient (Wildman–Crippen LogP) is 2.68. The summed E-state index contributed by atoms with van der Waals surface area (Å²) >= 11 is 0. The minimum Gasteiger partial charge on any atom is -0.496 e. The Hall–Kier alpha value is -3.30. The zero-order valence-corrected chi connectivity index (χ0v) is 16.5. The van der Waals surface area contributed by atoms with Gasteiger partial charge in [0, 0.05) is 37.7 Å². The second-order valence-corrected chi connectivity index (χ2v) is 6.62. The molecule has 6 heteroatoms. The number of aromatic nitrogens is 2. The van der Waals surface area contributed by atoms with Crippen LogP contribution in [-0.4, -0.2) is 42.3 Å². The van der Waals surface area contributed by atoms with Crippen LogP contribution in [0, 0.1) is 12.3 Å². The van der Waals surface area contributed by atoms with Gasteiger partial charge in [-0.05, 0) is 36.2 Å². The van der Waals surface area contributed by atoms with E-state index in [0.717, 1.165) is 22.1 Å². The summed E-state index contributed by atoms with van der Waals surface area (Å²) in [7, 11) is 6.94. The highest BCUT2D eigenvalue weighted by Gasteiger charge is 2.17. The number of hydrogen-bond donors (Lipinski definition) is 0. The highest BCUT2D eigenvalue weighted by atomic mass is 16.5. The average molecular weight is 377 g/mol. The molecule has 0 spiro atoms. The van der Waals surface area contributed by atoms with Crippen molar-refractivity contribution < 1.29 is 9.47 Å². The van der Waals surface area contributed by atoms with Gasteiger partial charge in [-0.15, -0.1) is 6.42 Å². The molecule has 0 saturated carbocycles. The monoisotopic (exact) mass is 377 g/mol. The lowest BCUT2D eigenvalue weighted by atomic mass is 9.99. The number of methoxy groups -OCH3 is 2. The molecule has 0 atom stereocenters. The van der Waals surface area contributed by atoms with Crippen LogP contribution in [-0.2, 0) is 13.6 Å². The molecule has 2 heterocycles. The van der Waals surface area contributed by atoms with Crippen LogP contribution < -0.4 is 15.0 Å². The standard InChI is InChI=1S/C22H23N3O3/c1-6-9-24(2)13-19-20(27-4)10-15(11-21(19)28-5)18-14-25(3)22(26)17-12-23-8-7-16(17)18/h1,7-8,10-12,14H,9,13H2,2-5H3. The highest BCUT2D eigenvalue weighted by Crippen LogP contribution is 2.37. The van der Waals surface area contributed by atoms with E-state index < -0.39 is 0 Å². The molecule has 1 aromatic carbocycles. The second kappa shape index (κ2) is 8.15. The molecule has 3 aromatic rings. The Bertz CT molecular complexity index is 1090. The number of ether oxygens (including phenoxy) is 2. The highest BCUT2D eigenvalue weighted by molar-refractivity contribution is 5.95. The minimum absolute atomic E-state index is 0.0849. The molecule has 0 N–H and O–H groups in total. The van der Waals surface area contributed by atoms with E-state index in [1.165, 1.54) is 0 Å². The quantitative estimate of drug-likeness (QED) is 0.618. The molecule has 0 aliphatic carbocycles. The maximum atomic E-state index is 12.4. The fraction of sp³-hybridized carbons (Fsp3) is 0.273. The molecular formula is C22H23N3O3. The molecular weight excluding hydrogens is 354 g/mol. The number of nitrogens with zero attached hydrogens (tertiary/aromatic N) is 3. The van der Waals surface area contributed by atoms with Crippen molar-refractivity contribution in [2.45, 2.75) is 6.54 Å². The van der Waals surface area contributed by atoms with Gasteiger partial charge in [0.1, 0.15) is 11.5 Å². The van der Waals surface area contributed by atoms with Gasteiger partial charge in [-0.3, -0.25) is 14.7 Å². The summed E-state index contributed by atoms with van der Waals surface area (Å²) in [6.45, 7) is 1.11. The molecule has 3 rings (SSSR count). The molecule has 144 valence electrons. The fourth-order valence-electron chi connectivity index (χ4n) is 3.32. The van der Waals surface area contributed by atoms with Crippen molar-refractivity contribution >= 4 is 10.8 Å². The fourth-order valence-corrected chi connectivity index (χ4v) is 3.32. The third-order valence-corrected chi connectivity index (χ3v) is 4.69. The van der Waals surface area contributed by atoms with E-state index in [1.54, 1.807) is 38.2 Å². The van der Waals surface area contributed by atoms with Crippen LogP contribution in [0.1, 0.15) is 5.56 Å². The lowest BCUT2D eigenvalue weighted by Gasteiger charge is -2.20. The summed E-state index contributed by atoms with van der Waals surface area (Å²) in [4.78, 5) is 18.6. The first-order chi connectivity index (χ1) is 13.5. The maximum absolute atomic E-state index is 12.4. The van der Waals surface area contributed by atoms with Crippen molar-refractivity contribution in [3.63, 3.8) is 0 Å². The maximum Gasteiger partial charge on any atom is 0.259 e. The van der Waals surface area contributed by atoms with Crippen molar-refractivity contribution in [3.05, 3.63) is 52.7 Å². The number of benzene rings is 1. The second-order valence-electron chi connectivity index (χ2n) is 6.62. The van der Waals surface area contributed by atoms with E-state index in [1.807, 2.05) is 36.3 Å². The van der Waals surface area contributed by atoms with Crippen LogP contribution in [0.2, 0.25) is 0 Å². The van der Waals surface area contributed by atoms with E-state index in [2.05, 4.69) is 10.9 Å². The molecule has 0 saturated heterocycles. The number of hydrogen-bond acceptors (Lipinski definition) is 5. The lowest BCUT2D eigenvalue weighted by molar-refractivity contribution is 0.333. The smallest absolute Gasteiger partial charge is 0.259 e. The Labute approximate surface area is 164 Å². The first-order valence-corrected chi connectivity index (χ1v) is 8.80. The van der Waals surface area contributed by atoms with Crippen molar-refractivity contribution in [1.82, 2.24) is 14.5 Å². The molecule has 0 radical (unpaired) electrons. The Morgan fingerprint density at radius 2 is 1.89 bits per heavy atom. The molecule has 6 nitrogen and oxygen atoms in total. The Morgan fingerprint density at radius 1 is 1.21 bits per heavy atom. The van der Waals surface area contributed by atoms with Gasteiger partial charge in [-0.2, -0.15) is 0 Å². The Balaban J connectivity index is 2.22. The van der Waals surface area contributed by atoms with E-state index >= 15 is 0 Å². The van der Waals surface area contributed by atoms with Gasteiger partial charge in [-0.1, -0.05) is 5.92 Å². The van der Waals surface area contributed by atoms with Crippen molar-refractivity contribution in [3.8, 4) is 35.0 Å². The first-order valence-electron chi connectivity index (χ1n) is 8.80. The van der Waals surface area contributed by atoms with Gasteiger partial charge < -0.3 is 14.0 Å². The van der Waals surface area contributed by atoms with E-state index in [-0.39, 0.29) is 5.56 Å². The molecule has 0 aliphatic rings. The molecule has 0 bridgehead atoms. The SMILES string of the molecule is C#CCN(C)Cc1c(OC)cc(-c2cn(C)c(=O)c3cnccc23)cc1OC. The largest absolute Gasteiger partial charge is 0.496 e. The van der Waals surface area contributed by atoms with E-state index in [0.29, 0.717) is 30.0 Å².